The zero-order valence-corrected chi connectivity index (χ0v) is 21.5. The zero-order valence-electron chi connectivity index (χ0n) is 20.6. The molecule has 202 valence electrons. The molecule has 0 bridgehead atoms. The number of aromatic nitrogens is 4. The van der Waals surface area contributed by atoms with E-state index in [1.807, 2.05) is 0 Å². The van der Waals surface area contributed by atoms with Crippen molar-refractivity contribution in [3.05, 3.63) is 47.1 Å². The largest absolute Gasteiger partial charge is 0.465 e. The Labute approximate surface area is 216 Å². The van der Waals surface area contributed by atoms with Crippen molar-refractivity contribution < 1.29 is 27.9 Å². The molecule has 0 aliphatic carbocycles. The van der Waals surface area contributed by atoms with Crippen molar-refractivity contribution in [1.82, 2.24) is 24.6 Å². The van der Waals surface area contributed by atoms with Gasteiger partial charge < -0.3 is 25.5 Å². The summed E-state index contributed by atoms with van der Waals surface area (Å²) in [6.45, 7) is 2.96. The fourth-order valence-corrected chi connectivity index (χ4v) is 5.33. The summed E-state index contributed by atoms with van der Waals surface area (Å²) in [6, 6.07) is 6.59. The van der Waals surface area contributed by atoms with Crippen LogP contribution in [0, 0.1) is 0 Å². The highest BCUT2D eigenvalue weighted by atomic mass is 31.2. The Hall–Kier alpha value is -3.94. The molecule has 17 heteroatoms. The summed E-state index contributed by atoms with van der Waals surface area (Å²) in [4.78, 5) is 27.4. The van der Waals surface area contributed by atoms with Crippen molar-refractivity contribution in [3.8, 4) is 5.75 Å². The average Bonchev–Trinajstić information content (AvgIpc) is 3.48. The van der Waals surface area contributed by atoms with Crippen LogP contribution in [0.5, 0.6) is 5.75 Å². The molecule has 5 atom stereocenters. The van der Waals surface area contributed by atoms with Crippen molar-refractivity contribution in [2.45, 2.75) is 44.7 Å². The summed E-state index contributed by atoms with van der Waals surface area (Å²) < 4.78 is 37.7. The van der Waals surface area contributed by atoms with E-state index >= 15 is 0 Å². The second-order valence-corrected chi connectivity index (χ2v) is 9.92. The van der Waals surface area contributed by atoms with Crippen molar-refractivity contribution in [3.63, 3.8) is 0 Å². The molecule has 5 N–H and O–H groups in total. The van der Waals surface area contributed by atoms with Gasteiger partial charge in [-0.3, -0.25) is 13.9 Å². The number of azide groups is 1. The number of rotatable bonds is 11. The van der Waals surface area contributed by atoms with Crippen molar-refractivity contribution in [2.75, 3.05) is 24.7 Å². The number of carbonyl (C=O) groups is 1. The van der Waals surface area contributed by atoms with E-state index in [4.69, 9.17) is 35.5 Å². The Bertz CT molecular complexity index is 1380. The van der Waals surface area contributed by atoms with Gasteiger partial charge in [0.2, 0.25) is 5.95 Å². The van der Waals surface area contributed by atoms with E-state index in [-0.39, 0.29) is 37.2 Å². The zero-order chi connectivity index (χ0) is 27.3. The van der Waals surface area contributed by atoms with E-state index in [9.17, 15) is 9.36 Å². The standard InChI is InChI=1S/C21H27N10O6P/c1-3-34-20(32)12(2)29-38(33,37-13-7-5-4-6-8-13)35-10-15-14(28-30-24)9-16(36-15)31-11-25-17-18(22)26-21(23)27-19(17)31/h4-8,11-12,14-16H,3,9-10H2,1-2H3,(H,29,33)(H4,22,23,26,27)/t12-,14+,15+,16+,38?/m0/s1. The van der Waals surface area contributed by atoms with E-state index < -0.39 is 38.1 Å². The number of hydrogen-bond acceptors (Lipinski definition) is 12. The third-order valence-electron chi connectivity index (χ3n) is 5.55. The van der Waals surface area contributed by atoms with Gasteiger partial charge in [-0.05, 0) is 31.5 Å². The minimum absolute atomic E-state index is 0.0398. The number of ether oxygens (including phenoxy) is 2. The number of hydrogen-bond donors (Lipinski definition) is 3. The first kappa shape index (κ1) is 27.1. The molecule has 0 saturated carbocycles. The SMILES string of the molecule is CCOC(=O)[C@H](C)NP(=O)(OC[C@H]1O[C@@H](n2cnc3c(N)nc(N)nc32)C[C@H]1N=[N+]=[N-])Oc1ccccc1. The minimum atomic E-state index is -4.14. The van der Waals surface area contributed by atoms with Crippen LogP contribution in [0.1, 0.15) is 26.5 Å². The molecular formula is C21H27N10O6P. The lowest BCUT2D eigenvalue weighted by Crippen LogP contribution is -2.36. The minimum Gasteiger partial charge on any atom is -0.465 e. The number of carbonyl (C=O) groups excluding carboxylic acids is 1. The molecule has 38 heavy (non-hydrogen) atoms. The number of esters is 1. The third kappa shape index (κ3) is 6.13. The Kier molecular flexibility index (Phi) is 8.29. The molecule has 0 spiro atoms. The Morgan fingerprint density at radius 2 is 2.13 bits per heavy atom. The van der Waals surface area contributed by atoms with Gasteiger partial charge in [-0.25, -0.2) is 9.55 Å². The molecule has 1 saturated heterocycles. The van der Waals surface area contributed by atoms with Crippen LogP contribution in [0.15, 0.2) is 41.8 Å². The van der Waals surface area contributed by atoms with E-state index in [0.717, 1.165) is 0 Å². The predicted molar refractivity (Wildman–Crippen MR) is 135 cm³/mol. The maximum Gasteiger partial charge on any atom is 0.459 e. The molecule has 2 aromatic heterocycles. The van der Waals surface area contributed by atoms with Gasteiger partial charge in [-0.15, -0.1) is 0 Å². The maximum atomic E-state index is 13.7. The fraction of sp³-hybridized carbons (Fsp3) is 0.429. The molecule has 1 aromatic carbocycles. The number of nitrogens with zero attached hydrogens (tertiary/aromatic N) is 7. The number of fused-ring (bicyclic) bond motifs is 1. The summed E-state index contributed by atoms with van der Waals surface area (Å²) in [6.07, 6.45) is 0.169. The molecule has 1 aliphatic rings. The van der Waals surface area contributed by atoms with Gasteiger partial charge >= 0.3 is 13.7 Å². The van der Waals surface area contributed by atoms with E-state index in [1.165, 1.54) is 13.3 Å². The van der Waals surface area contributed by atoms with Gasteiger partial charge in [-0.1, -0.05) is 23.3 Å². The Morgan fingerprint density at radius 1 is 1.37 bits per heavy atom. The first-order valence-corrected chi connectivity index (χ1v) is 13.2. The molecule has 1 aliphatic heterocycles. The van der Waals surface area contributed by atoms with E-state index in [1.54, 1.807) is 41.8 Å². The number of benzene rings is 1. The van der Waals surface area contributed by atoms with Crippen molar-refractivity contribution >= 4 is 36.6 Å². The lowest BCUT2D eigenvalue weighted by molar-refractivity contribution is -0.144. The molecule has 4 rings (SSSR count). The molecule has 3 aromatic rings. The number of imidazole rings is 1. The molecule has 0 amide bonds. The molecule has 1 fully saturated rings. The number of nitrogens with two attached hydrogens (primary N) is 2. The quantitative estimate of drug-likeness (QED) is 0.104. The van der Waals surface area contributed by atoms with Gasteiger partial charge in [0.25, 0.3) is 0 Å². The third-order valence-corrected chi connectivity index (χ3v) is 7.19. The Morgan fingerprint density at radius 3 is 2.84 bits per heavy atom. The van der Waals surface area contributed by atoms with Crippen LogP contribution in [0.25, 0.3) is 21.6 Å². The van der Waals surface area contributed by atoms with Gasteiger partial charge in [0.15, 0.2) is 11.5 Å². The highest BCUT2D eigenvalue weighted by molar-refractivity contribution is 7.52. The van der Waals surface area contributed by atoms with Gasteiger partial charge in [0.05, 0.1) is 31.7 Å². The first-order valence-electron chi connectivity index (χ1n) is 11.6. The smallest absolute Gasteiger partial charge is 0.459 e. The van der Waals surface area contributed by atoms with Crippen LogP contribution in [0.3, 0.4) is 0 Å². The number of nitrogen functional groups attached to an aromatic ring is 2. The molecule has 0 radical (unpaired) electrons. The van der Waals surface area contributed by atoms with E-state index in [2.05, 4.69) is 30.1 Å². The van der Waals surface area contributed by atoms with Crippen LogP contribution in [-0.2, 0) is 23.4 Å². The second-order valence-electron chi connectivity index (χ2n) is 8.23. The summed E-state index contributed by atoms with van der Waals surface area (Å²) in [7, 11) is -4.14. The number of anilines is 2. The van der Waals surface area contributed by atoms with Crippen LogP contribution in [0.4, 0.5) is 11.8 Å². The van der Waals surface area contributed by atoms with Crippen LogP contribution < -0.4 is 21.1 Å². The first-order chi connectivity index (χ1) is 18.2. The summed E-state index contributed by atoms with van der Waals surface area (Å²) in [5.41, 5.74) is 21.4. The van der Waals surface area contributed by atoms with Crippen LogP contribution in [0.2, 0.25) is 0 Å². The summed E-state index contributed by atoms with van der Waals surface area (Å²) in [5, 5.41) is 6.40. The fourth-order valence-electron chi connectivity index (χ4n) is 3.83. The highest BCUT2D eigenvalue weighted by Crippen LogP contribution is 2.46. The topological polar surface area (TPSA) is 227 Å². The van der Waals surface area contributed by atoms with Gasteiger partial charge in [-0.2, -0.15) is 15.1 Å². The summed E-state index contributed by atoms with van der Waals surface area (Å²) >= 11 is 0. The Balaban J connectivity index is 1.54. The van der Waals surface area contributed by atoms with Gasteiger partial charge in [0, 0.05) is 11.3 Å². The van der Waals surface area contributed by atoms with E-state index in [0.29, 0.717) is 11.2 Å². The number of nitrogens with one attached hydrogen (secondary N) is 1. The average molecular weight is 546 g/mol. The van der Waals surface area contributed by atoms with Gasteiger partial charge in [0.1, 0.15) is 23.5 Å². The normalized spacial score (nSPS) is 21.4. The predicted octanol–water partition coefficient (Wildman–Crippen LogP) is 2.70. The summed E-state index contributed by atoms with van der Waals surface area (Å²) in [5.74, 6) is -0.320. The van der Waals surface area contributed by atoms with Crippen LogP contribution in [-0.4, -0.2) is 56.9 Å². The maximum absolute atomic E-state index is 13.7. The molecule has 3 heterocycles. The second kappa shape index (κ2) is 11.6. The van der Waals surface area contributed by atoms with Crippen molar-refractivity contribution in [1.29, 1.82) is 0 Å². The van der Waals surface area contributed by atoms with Crippen molar-refractivity contribution in [2.24, 2.45) is 5.11 Å². The molecule has 1 unspecified atom stereocenters. The molecule has 16 nitrogen and oxygen atoms in total. The monoisotopic (exact) mass is 546 g/mol. The number of para-hydroxylation sites is 1. The highest BCUT2D eigenvalue weighted by Gasteiger charge is 2.40. The lowest BCUT2D eigenvalue weighted by atomic mass is 10.1. The molecular weight excluding hydrogens is 519 g/mol. The van der Waals surface area contributed by atoms with Crippen LogP contribution >= 0.6 is 7.75 Å². The lowest BCUT2D eigenvalue weighted by Gasteiger charge is -2.24.